The Hall–Kier alpha value is -6.44. The smallest absolute Gasteiger partial charge is 0.308 e. The fraction of sp³-hybridized carbons (Fsp3) is 0.600. The molecule has 4 rings (SSSR count). The van der Waals surface area contributed by atoms with Crippen molar-refractivity contribution >= 4 is 58.1 Å². The zero-order valence-corrected chi connectivity index (χ0v) is 43.6. The third-order valence-corrected chi connectivity index (χ3v) is 13.1. The first kappa shape index (κ1) is 64.1. The molecule has 28 nitrogen and oxygen atoms in total. The Kier molecular flexibility index (Phi) is 26.2. The molecule has 78 heavy (non-hydrogen) atoms. The monoisotopic (exact) mass is 1100 g/mol. The van der Waals surface area contributed by atoms with Crippen LogP contribution in [-0.4, -0.2) is 233 Å². The van der Waals surface area contributed by atoms with Gasteiger partial charge in [0.25, 0.3) is 5.91 Å². The third kappa shape index (κ3) is 19.5. The van der Waals surface area contributed by atoms with Crippen molar-refractivity contribution in [3.63, 3.8) is 0 Å². The van der Waals surface area contributed by atoms with E-state index in [9.17, 15) is 74.4 Å². The third-order valence-electron chi connectivity index (χ3n) is 13.1. The maximum absolute atomic E-state index is 13.9. The van der Waals surface area contributed by atoms with Crippen molar-refractivity contribution in [3.05, 3.63) is 59.4 Å². The van der Waals surface area contributed by atoms with Gasteiger partial charge in [0.15, 0.2) is 0 Å². The Morgan fingerprint density at radius 1 is 0.782 bits per heavy atom. The van der Waals surface area contributed by atoms with Crippen molar-refractivity contribution < 1.29 is 89.4 Å². The summed E-state index contributed by atoms with van der Waals surface area (Å²) in [5.41, 5.74) is 9.26. The van der Waals surface area contributed by atoms with Crippen molar-refractivity contribution in [1.82, 2.24) is 41.0 Å². The number of aliphatic hydroxyl groups excluding tert-OH is 10. The molecule has 434 valence electrons. The number of fused-ring (bicyclic) bond motifs is 2. The maximum Gasteiger partial charge on any atom is 0.308 e. The van der Waals surface area contributed by atoms with Gasteiger partial charge in [-0.05, 0) is 61.6 Å². The summed E-state index contributed by atoms with van der Waals surface area (Å²) >= 11 is 0. The summed E-state index contributed by atoms with van der Waals surface area (Å²) in [6, 6.07) is 8.87. The minimum absolute atomic E-state index is 0.106. The molecule has 0 fully saturated rings. The number of benzene rings is 2. The number of para-hydroxylation sites is 2. The molecule has 2 heterocycles. The number of nitrogens with one attached hydrogen (secondary N) is 6. The molecule has 18 N–H and O–H groups in total. The maximum atomic E-state index is 13.9. The number of carbonyl (C=O) groups excluding carboxylic acids is 7. The highest BCUT2D eigenvalue weighted by molar-refractivity contribution is 5.96. The minimum atomic E-state index is -1.96. The number of aliphatic hydroxyl groups is 10. The van der Waals surface area contributed by atoms with Crippen molar-refractivity contribution in [2.75, 3.05) is 58.9 Å². The Morgan fingerprint density at radius 2 is 1.37 bits per heavy atom. The van der Waals surface area contributed by atoms with E-state index in [1.807, 2.05) is 24.3 Å². The van der Waals surface area contributed by atoms with E-state index in [4.69, 9.17) is 20.7 Å². The second kappa shape index (κ2) is 31.8. The number of carbonyl (C=O) groups is 7. The summed E-state index contributed by atoms with van der Waals surface area (Å²) in [4.78, 5) is 103. The number of rotatable bonds is 33. The highest BCUT2D eigenvalue weighted by atomic mass is 16.5. The second-order valence-electron chi connectivity index (χ2n) is 19.1. The van der Waals surface area contributed by atoms with E-state index in [-0.39, 0.29) is 63.7 Å². The Labute approximate surface area is 449 Å². The molecular formula is C50H76N10O18. The van der Waals surface area contributed by atoms with Crippen molar-refractivity contribution in [1.29, 1.82) is 0 Å². The number of amides is 6. The first-order valence-electron chi connectivity index (χ1n) is 25.6. The lowest BCUT2D eigenvalue weighted by Gasteiger charge is -2.26. The summed E-state index contributed by atoms with van der Waals surface area (Å²) in [5, 5.41) is 110. The van der Waals surface area contributed by atoms with Crippen LogP contribution in [0.1, 0.15) is 79.5 Å². The van der Waals surface area contributed by atoms with Gasteiger partial charge in [0.05, 0.1) is 62.6 Å². The normalized spacial score (nSPS) is 17.3. The van der Waals surface area contributed by atoms with Crippen LogP contribution in [0.25, 0.3) is 11.0 Å². The lowest BCUT2D eigenvalue weighted by atomic mass is 10.0. The van der Waals surface area contributed by atoms with E-state index < -0.39 is 129 Å². The number of methoxy groups -OCH3 is 1. The van der Waals surface area contributed by atoms with E-state index in [0.29, 0.717) is 48.3 Å². The molecule has 28 heteroatoms. The van der Waals surface area contributed by atoms with E-state index in [1.54, 1.807) is 30.1 Å². The molecular weight excluding hydrogens is 1030 g/mol. The molecule has 1 aliphatic rings. The number of aromatic nitrogens is 2. The molecule has 11 atom stereocenters. The molecule has 0 saturated heterocycles. The van der Waals surface area contributed by atoms with Gasteiger partial charge in [-0.3, -0.25) is 33.6 Å². The van der Waals surface area contributed by atoms with Gasteiger partial charge in [-0.25, -0.2) is 4.98 Å². The Balaban J connectivity index is 1.32. The summed E-state index contributed by atoms with van der Waals surface area (Å²) in [5.74, 6) is -3.71. The molecule has 2 aromatic carbocycles. The molecule has 0 saturated carbocycles. The van der Waals surface area contributed by atoms with Gasteiger partial charge in [-0.15, -0.1) is 0 Å². The highest BCUT2D eigenvalue weighted by Crippen LogP contribution is 2.27. The zero-order chi connectivity index (χ0) is 57.6. The second-order valence-corrected chi connectivity index (χ2v) is 19.1. The number of anilines is 1. The number of aromatic amines is 1. The zero-order valence-electron chi connectivity index (χ0n) is 43.6. The summed E-state index contributed by atoms with van der Waals surface area (Å²) < 4.78 is 4.86. The summed E-state index contributed by atoms with van der Waals surface area (Å²) in [7, 11) is 2.88. The Morgan fingerprint density at radius 3 is 1.97 bits per heavy atom. The van der Waals surface area contributed by atoms with Crippen LogP contribution in [0.5, 0.6) is 0 Å². The number of hydrogen-bond donors (Lipinski definition) is 17. The number of esters is 1. The number of unbranched alkanes of at least 4 members (excludes halogenated alkanes) is 3. The summed E-state index contributed by atoms with van der Waals surface area (Å²) in [6.45, 7) is -2.29. The number of H-pyrrole nitrogens is 1. The molecule has 0 spiro atoms. The number of nitrogens with zero attached hydrogens (tertiary/aromatic N) is 3. The van der Waals surface area contributed by atoms with Crippen molar-refractivity contribution in [2.24, 2.45) is 5.73 Å². The van der Waals surface area contributed by atoms with Crippen LogP contribution in [0, 0.1) is 0 Å². The number of nitrogens with two attached hydrogens (primary N) is 1. The van der Waals surface area contributed by atoms with Crippen LogP contribution in [0.4, 0.5) is 5.69 Å². The van der Waals surface area contributed by atoms with E-state index in [2.05, 4.69) is 36.6 Å². The molecule has 0 radical (unpaired) electrons. The van der Waals surface area contributed by atoms with Crippen molar-refractivity contribution in [3.8, 4) is 0 Å². The van der Waals surface area contributed by atoms with Crippen molar-refractivity contribution in [2.45, 2.75) is 138 Å². The van der Waals surface area contributed by atoms with Crippen LogP contribution in [-0.2, 0) is 46.6 Å². The topological polar surface area (TPSA) is 452 Å². The fourth-order valence-electron chi connectivity index (χ4n) is 8.26. The minimum Gasteiger partial charge on any atom is -0.469 e. The largest absolute Gasteiger partial charge is 0.469 e. The van der Waals surface area contributed by atoms with Gasteiger partial charge < -0.3 is 103 Å². The number of ether oxygens (including phenoxy) is 1. The standard InChI is InChI=1S/C50H76N10O18/c1-59(24-39-56-31-9-5-6-10-32(31)57-39)49(76)27-11-13-30-28(19-27)23-60(50(77)34(55-30)20-42(69)78-2)18-8-4-3-7-17-52-48(75)33(14-16-41(68)54-22-36(64)44(71)46(73)38(66)26-62)58-47(74)29(51)12-15-40(67)53-21-35(63)43(70)45(72)37(65)25-61/h5-6,9-11,13,19,29,33-38,43-46,55,61-66,70-73H,3-4,7-8,12,14-18,20-26,51H2,1-2H3,(H,52,75)(H,53,67)(H,54,68)(H,56,57)(H,58,74)/t29-,33-,34-,35-,36+,37-,38+,43-,44+,45-,46+/m0/s1. The molecule has 0 aliphatic carbocycles. The van der Waals surface area contributed by atoms with E-state index >= 15 is 0 Å². The van der Waals surface area contributed by atoms with Crippen LogP contribution in [0.3, 0.4) is 0 Å². The summed E-state index contributed by atoms with van der Waals surface area (Å²) in [6.07, 6.45) is -14.4. The highest BCUT2D eigenvalue weighted by Gasteiger charge is 2.34. The van der Waals surface area contributed by atoms with Gasteiger partial charge in [-0.2, -0.15) is 0 Å². The predicted molar refractivity (Wildman–Crippen MR) is 276 cm³/mol. The Bertz CT molecular complexity index is 2420. The van der Waals surface area contributed by atoms with Gasteiger partial charge in [0.1, 0.15) is 54.5 Å². The lowest BCUT2D eigenvalue weighted by molar-refractivity contribution is -0.144. The first-order valence-corrected chi connectivity index (χ1v) is 25.6. The van der Waals surface area contributed by atoms with Crippen LogP contribution in [0.15, 0.2) is 42.5 Å². The van der Waals surface area contributed by atoms with Gasteiger partial charge in [0, 0.05) is 63.9 Å². The van der Waals surface area contributed by atoms with Crippen LogP contribution < -0.4 is 32.3 Å². The van der Waals surface area contributed by atoms with Gasteiger partial charge in [-0.1, -0.05) is 25.0 Å². The van der Waals surface area contributed by atoms with Crippen LogP contribution in [0.2, 0.25) is 0 Å². The molecule has 1 aliphatic heterocycles. The average molecular weight is 1110 g/mol. The van der Waals surface area contributed by atoms with E-state index in [1.165, 1.54) is 12.0 Å². The molecule has 0 bridgehead atoms. The van der Waals surface area contributed by atoms with Gasteiger partial charge >= 0.3 is 5.97 Å². The fourth-order valence-corrected chi connectivity index (χ4v) is 8.26. The van der Waals surface area contributed by atoms with Gasteiger partial charge in [0.2, 0.25) is 29.5 Å². The SMILES string of the molecule is COC(=O)C[C@@H]1Nc2ccc(C(=O)N(C)Cc3nc4ccccc4[nH]3)cc2CN(CCCCCCNC(=O)[C@H](CCC(=O)NC[C@@H](O)[C@@H](O)[C@H](O)[C@H](O)CO)NC(=O)[C@@H](N)CCC(=O)NC[C@H](O)[C@H](O)[C@@H](O)[C@@H](O)CO)C1=O. The number of hydrogen-bond acceptors (Lipinski definition) is 21. The van der Waals surface area contributed by atoms with Crippen LogP contribution >= 0.6 is 0 Å². The van der Waals surface area contributed by atoms with E-state index in [0.717, 1.165) is 11.0 Å². The molecule has 0 unspecified atom stereocenters. The average Bonchev–Trinajstić information content (AvgIpc) is 3.83. The molecule has 1 aromatic heterocycles. The molecule has 6 amide bonds. The predicted octanol–water partition coefficient (Wildman–Crippen LogP) is -5.33. The lowest BCUT2D eigenvalue weighted by Crippen LogP contribution is -2.52. The number of imidazole rings is 1. The first-order chi connectivity index (χ1) is 37.1. The quantitative estimate of drug-likeness (QED) is 0.0200. The molecule has 3 aromatic rings.